The summed E-state index contributed by atoms with van der Waals surface area (Å²) in [5.74, 6) is 0.679. The van der Waals surface area contributed by atoms with Gasteiger partial charge in [0.25, 0.3) is 5.56 Å². The van der Waals surface area contributed by atoms with Gasteiger partial charge in [0.1, 0.15) is 10.3 Å². The second kappa shape index (κ2) is 5.02. The highest BCUT2D eigenvalue weighted by Crippen LogP contribution is 2.12. The molecule has 0 bridgehead atoms. The Labute approximate surface area is 112 Å². The topological polar surface area (TPSA) is 34.9 Å². The lowest BCUT2D eigenvalue weighted by Gasteiger charge is -2.09. The van der Waals surface area contributed by atoms with E-state index in [0.29, 0.717) is 21.9 Å². The van der Waals surface area contributed by atoms with E-state index in [4.69, 9.17) is 11.6 Å². The van der Waals surface area contributed by atoms with Gasteiger partial charge >= 0.3 is 0 Å². The molecule has 0 fully saturated rings. The smallest absolute Gasteiger partial charge is 0.268 e. The van der Waals surface area contributed by atoms with Crippen LogP contribution in [0.4, 0.5) is 0 Å². The zero-order valence-electron chi connectivity index (χ0n) is 9.15. The maximum atomic E-state index is 11.9. The van der Waals surface area contributed by atoms with Crippen LogP contribution in [-0.2, 0) is 6.54 Å². The zero-order valence-corrected chi connectivity index (χ0v) is 11.5. The number of benzene rings is 1. The molecule has 0 aliphatic rings. The predicted octanol–water partition coefficient (Wildman–Crippen LogP) is 3.02. The van der Waals surface area contributed by atoms with Gasteiger partial charge in [0.15, 0.2) is 0 Å². The van der Waals surface area contributed by atoms with Crippen LogP contribution in [0.25, 0.3) is 0 Å². The molecule has 1 heterocycles. The number of hydrogen-bond acceptors (Lipinski definition) is 2. The Morgan fingerprint density at radius 1 is 1.47 bits per heavy atom. The number of nitrogens with zero attached hydrogens (tertiary/aromatic N) is 2. The fourth-order valence-corrected chi connectivity index (χ4v) is 2.08. The van der Waals surface area contributed by atoms with Gasteiger partial charge in [-0.15, -0.1) is 0 Å². The monoisotopic (exact) mass is 312 g/mol. The zero-order chi connectivity index (χ0) is 12.4. The van der Waals surface area contributed by atoms with Crippen molar-refractivity contribution in [3.63, 3.8) is 0 Å². The molecular weight excluding hydrogens is 304 g/mol. The Morgan fingerprint density at radius 3 is 2.94 bits per heavy atom. The van der Waals surface area contributed by atoms with Crippen molar-refractivity contribution in [3.8, 4) is 0 Å². The van der Waals surface area contributed by atoms with E-state index in [1.54, 1.807) is 17.6 Å². The first-order chi connectivity index (χ1) is 8.08. The third-order valence-corrected chi connectivity index (χ3v) is 3.21. The van der Waals surface area contributed by atoms with Crippen LogP contribution in [0, 0.1) is 6.92 Å². The van der Waals surface area contributed by atoms with Gasteiger partial charge in [-0.3, -0.25) is 9.36 Å². The summed E-state index contributed by atoms with van der Waals surface area (Å²) in [6.45, 7) is 2.27. The largest absolute Gasteiger partial charge is 0.291 e. The van der Waals surface area contributed by atoms with Crippen LogP contribution < -0.4 is 5.56 Å². The molecule has 0 atom stereocenters. The van der Waals surface area contributed by atoms with E-state index in [1.165, 1.54) is 6.20 Å². The van der Waals surface area contributed by atoms with Crippen LogP contribution in [0.1, 0.15) is 11.4 Å². The van der Waals surface area contributed by atoms with Crippen molar-refractivity contribution in [2.45, 2.75) is 13.5 Å². The molecule has 0 saturated carbocycles. The first-order valence-corrected chi connectivity index (χ1v) is 6.21. The lowest BCUT2D eigenvalue weighted by Crippen LogP contribution is -2.24. The summed E-state index contributed by atoms with van der Waals surface area (Å²) >= 11 is 9.10. The second-order valence-electron chi connectivity index (χ2n) is 3.67. The van der Waals surface area contributed by atoms with Gasteiger partial charge in [0, 0.05) is 11.2 Å². The van der Waals surface area contributed by atoms with Gasteiger partial charge in [-0.1, -0.05) is 23.7 Å². The lowest BCUT2D eigenvalue weighted by atomic mass is 10.2. The molecule has 2 aromatic rings. The van der Waals surface area contributed by atoms with Crippen molar-refractivity contribution in [2.24, 2.45) is 0 Å². The predicted molar refractivity (Wildman–Crippen MR) is 71.5 cm³/mol. The first kappa shape index (κ1) is 12.3. The van der Waals surface area contributed by atoms with Gasteiger partial charge in [-0.05, 0) is 40.5 Å². The second-order valence-corrected chi connectivity index (χ2v) is 4.97. The van der Waals surface area contributed by atoms with Crippen LogP contribution >= 0.6 is 27.5 Å². The molecular formula is C12H10BrClN2O. The quantitative estimate of drug-likeness (QED) is 0.854. The van der Waals surface area contributed by atoms with Crippen LogP contribution in [0.5, 0.6) is 0 Å². The maximum Gasteiger partial charge on any atom is 0.268 e. The van der Waals surface area contributed by atoms with Crippen LogP contribution in [0.3, 0.4) is 0 Å². The third-order valence-electron chi connectivity index (χ3n) is 2.43. The summed E-state index contributed by atoms with van der Waals surface area (Å²) in [7, 11) is 0. The molecule has 5 heteroatoms. The fourth-order valence-electron chi connectivity index (χ4n) is 1.55. The lowest BCUT2D eigenvalue weighted by molar-refractivity contribution is 0.695. The highest BCUT2D eigenvalue weighted by molar-refractivity contribution is 9.10. The van der Waals surface area contributed by atoms with Crippen molar-refractivity contribution in [1.29, 1.82) is 0 Å². The number of rotatable bonds is 2. The van der Waals surface area contributed by atoms with Crippen LogP contribution in [0.2, 0.25) is 5.02 Å². The van der Waals surface area contributed by atoms with Crippen molar-refractivity contribution in [3.05, 3.63) is 61.7 Å². The van der Waals surface area contributed by atoms with E-state index in [2.05, 4.69) is 20.9 Å². The minimum absolute atomic E-state index is 0.0857. The van der Waals surface area contributed by atoms with Crippen molar-refractivity contribution < 1.29 is 0 Å². The van der Waals surface area contributed by atoms with Crippen molar-refractivity contribution in [1.82, 2.24) is 9.55 Å². The summed E-state index contributed by atoms with van der Waals surface area (Å²) in [5.41, 5.74) is 0.889. The average molecular weight is 314 g/mol. The Hall–Kier alpha value is -1.13. The Bertz CT molecular complexity index is 610. The van der Waals surface area contributed by atoms with E-state index in [0.717, 1.165) is 5.56 Å². The van der Waals surface area contributed by atoms with E-state index < -0.39 is 0 Å². The number of halogens is 2. The van der Waals surface area contributed by atoms with Crippen LogP contribution in [-0.4, -0.2) is 9.55 Å². The molecule has 1 aromatic heterocycles. The van der Waals surface area contributed by atoms with Crippen molar-refractivity contribution >= 4 is 27.5 Å². The van der Waals surface area contributed by atoms with Gasteiger partial charge in [-0.2, -0.15) is 0 Å². The molecule has 3 nitrogen and oxygen atoms in total. The first-order valence-electron chi connectivity index (χ1n) is 5.04. The molecule has 0 spiro atoms. The minimum atomic E-state index is -0.0857. The van der Waals surface area contributed by atoms with Crippen LogP contribution in [0.15, 0.2) is 39.7 Å². The highest BCUT2D eigenvalue weighted by Gasteiger charge is 2.06. The maximum absolute atomic E-state index is 11.9. The summed E-state index contributed by atoms with van der Waals surface area (Å²) in [6.07, 6.45) is 1.52. The van der Waals surface area contributed by atoms with Crippen molar-refractivity contribution in [2.75, 3.05) is 0 Å². The summed E-state index contributed by atoms with van der Waals surface area (Å²) in [6, 6.07) is 7.44. The molecule has 17 heavy (non-hydrogen) atoms. The highest BCUT2D eigenvalue weighted by atomic mass is 79.9. The molecule has 0 aliphatic heterocycles. The van der Waals surface area contributed by atoms with E-state index in [1.807, 2.05) is 18.2 Å². The average Bonchev–Trinajstić information content (AvgIpc) is 2.30. The normalized spacial score (nSPS) is 10.5. The van der Waals surface area contributed by atoms with Gasteiger partial charge in [0.2, 0.25) is 0 Å². The minimum Gasteiger partial charge on any atom is -0.291 e. The molecule has 0 amide bonds. The molecule has 2 rings (SSSR count). The molecule has 88 valence electrons. The summed E-state index contributed by atoms with van der Waals surface area (Å²) in [4.78, 5) is 16.1. The Kier molecular flexibility index (Phi) is 3.64. The standard InChI is InChI=1S/C12H10BrClN2O/c1-8-15-6-11(13)12(17)16(8)7-9-3-2-4-10(14)5-9/h2-6H,7H2,1H3. The van der Waals surface area contributed by atoms with E-state index in [-0.39, 0.29) is 5.56 Å². The van der Waals surface area contributed by atoms with Gasteiger partial charge in [0.05, 0.1) is 6.54 Å². The number of aryl methyl sites for hydroxylation is 1. The summed E-state index contributed by atoms with van der Waals surface area (Å²) in [5, 5.41) is 0.663. The third kappa shape index (κ3) is 2.76. The molecule has 0 aliphatic carbocycles. The summed E-state index contributed by atoms with van der Waals surface area (Å²) < 4.78 is 2.07. The molecule has 1 aromatic carbocycles. The number of hydrogen-bond donors (Lipinski definition) is 0. The molecule has 0 radical (unpaired) electrons. The molecule has 0 N–H and O–H groups in total. The molecule has 0 unspecified atom stereocenters. The molecule has 0 saturated heterocycles. The van der Waals surface area contributed by atoms with E-state index >= 15 is 0 Å². The Morgan fingerprint density at radius 2 is 2.24 bits per heavy atom. The van der Waals surface area contributed by atoms with Gasteiger partial charge in [-0.25, -0.2) is 4.98 Å². The number of aromatic nitrogens is 2. The SMILES string of the molecule is Cc1ncc(Br)c(=O)n1Cc1cccc(Cl)c1. The fraction of sp³-hybridized carbons (Fsp3) is 0.167. The Balaban J connectivity index is 2.43. The van der Waals surface area contributed by atoms with E-state index in [9.17, 15) is 4.79 Å². The van der Waals surface area contributed by atoms with Gasteiger partial charge < -0.3 is 0 Å².